The van der Waals surface area contributed by atoms with Gasteiger partial charge in [-0.2, -0.15) is 0 Å². The Morgan fingerprint density at radius 3 is 2.32 bits per heavy atom. The van der Waals surface area contributed by atoms with Crippen LogP contribution in [0.4, 0.5) is 5.95 Å². The van der Waals surface area contributed by atoms with Crippen LogP contribution in [0.5, 0.6) is 0 Å². The van der Waals surface area contributed by atoms with Gasteiger partial charge in [0.05, 0.1) is 18.5 Å². The lowest BCUT2D eigenvalue weighted by molar-refractivity contribution is -0.139. The molecule has 1 saturated carbocycles. The van der Waals surface area contributed by atoms with Crippen molar-refractivity contribution >= 4 is 17.8 Å². The molecule has 5 rings (SSSR count). The molecular formula is C30H32N4O3. The Morgan fingerprint density at radius 2 is 1.68 bits per heavy atom. The number of benzene rings is 2. The van der Waals surface area contributed by atoms with E-state index in [1.54, 1.807) is 17.2 Å². The van der Waals surface area contributed by atoms with Gasteiger partial charge >= 0.3 is 0 Å². The van der Waals surface area contributed by atoms with Crippen LogP contribution >= 0.6 is 0 Å². The lowest BCUT2D eigenvalue weighted by atomic mass is 10.1. The Balaban J connectivity index is 1.40. The maximum absolute atomic E-state index is 13.3. The first kappa shape index (κ1) is 24.6. The molecular weight excluding hydrogens is 464 g/mol. The quantitative estimate of drug-likeness (QED) is 0.329. The summed E-state index contributed by atoms with van der Waals surface area (Å²) < 4.78 is 7.36. The first-order chi connectivity index (χ1) is 18.0. The van der Waals surface area contributed by atoms with Crippen LogP contribution in [-0.2, 0) is 16.1 Å². The van der Waals surface area contributed by atoms with Crippen LogP contribution in [0.2, 0.25) is 0 Å². The second kappa shape index (κ2) is 10.9. The van der Waals surface area contributed by atoms with E-state index in [0.717, 1.165) is 48.2 Å². The van der Waals surface area contributed by atoms with E-state index in [0.29, 0.717) is 11.7 Å². The molecule has 2 aromatic heterocycles. The third kappa shape index (κ3) is 5.82. The Bertz CT molecular complexity index is 1350. The fraction of sp³-hybridized carbons (Fsp3) is 0.300. The van der Waals surface area contributed by atoms with E-state index < -0.39 is 0 Å². The highest BCUT2D eigenvalue weighted by Crippen LogP contribution is 2.28. The molecule has 0 atom stereocenters. The SMILES string of the molecule is Cc1ccc(-c2cn(-c3ccc(C)cc3)c(NC(=O)CN(Cc3ccco3)C(=O)C3CCCC3)n2)cc1. The molecule has 4 aromatic rings. The second-order valence-corrected chi connectivity index (χ2v) is 9.82. The topological polar surface area (TPSA) is 80.4 Å². The van der Waals surface area contributed by atoms with Gasteiger partial charge in [-0.1, -0.05) is 60.4 Å². The number of carbonyl (C=O) groups is 2. The Hall–Kier alpha value is -4.13. The maximum Gasteiger partial charge on any atom is 0.246 e. The summed E-state index contributed by atoms with van der Waals surface area (Å²) in [5, 5.41) is 2.97. The molecule has 2 heterocycles. The number of aryl methyl sites for hydroxylation is 2. The zero-order valence-electron chi connectivity index (χ0n) is 21.3. The fourth-order valence-corrected chi connectivity index (χ4v) is 4.80. The van der Waals surface area contributed by atoms with Crippen LogP contribution in [0.3, 0.4) is 0 Å². The molecule has 1 aliphatic rings. The largest absolute Gasteiger partial charge is 0.467 e. The molecule has 1 aliphatic carbocycles. The molecule has 37 heavy (non-hydrogen) atoms. The summed E-state index contributed by atoms with van der Waals surface area (Å²) in [4.78, 5) is 33.0. The Morgan fingerprint density at radius 1 is 1.00 bits per heavy atom. The monoisotopic (exact) mass is 496 g/mol. The van der Waals surface area contributed by atoms with Crippen molar-refractivity contribution in [2.24, 2.45) is 5.92 Å². The molecule has 190 valence electrons. The number of rotatable bonds is 8. The fourth-order valence-electron chi connectivity index (χ4n) is 4.80. The molecule has 7 nitrogen and oxygen atoms in total. The summed E-state index contributed by atoms with van der Waals surface area (Å²) in [6.07, 6.45) is 7.34. The molecule has 2 amide bonds. The molecule has 0 aliphatic heterocycles. The summed E-state index contributed by atoms with van der Waals surface area (Å²) in [6.45, 7) is 4.27. The predicted molar refractivity (Wildman–Crippen MR) is 143 cm³/mol. The summed E-state index contributed by atoms with van der Waals surface area (Å²) >= 11 is 0. The van der Waals surface area contributed by atoms with Crippen molar-refractivity contribution in [2.45, 2.75) is 46.1 Å². The predicted octanol–water partition coefficient (Wildman–Crippen LogP) is 5.91. The zero-order valence-corrected chi connectivity index (χ0v) is 21.3. The van der Waals surface area contributed by atoms with Gasteiger partial charge in [0.2, 0.25) is 17.8 Å². The number of anilines is 1. The van der Waals surface area contributed by atoms with Gasteiger partial charge in [0, 0.05) is 23.4 Å². The van der Waals surface area contributed by atoms with Gasteiger partial charge in [-0.05, 0) is 51.0 Å². The number of amides is 2. The van der Waals surface area contributed by atoms with Gasteiger partial charge < -0.3 is 9.32 Å². The van der Waals surface area contributed by atoms with Crippen molar-refractivity contribution in [3.63, 3.8) is 0 Å². The molecule has 1 N–H and O–H groups in total. The highest BCUT2D eigenvalue weighted by atomic mass is 16.3. The third-order valence-electron chi connectivity index (χ3n) is 6.89. The molecule has 0 bridgehead atoms. The summed E-state index contributed by atoms with van der Waals surface area (Å²) in [7, 11) is 0. The standard InChI is InChI=1S/C30H32N4O3/c1-21-9-13-23(14-10-21)27-19-34(25-15-11-22(2)12-16-25)30(31-27)32-28(35)20-33(18-26-8-5-17-37-26)29(36)24-6-3-4-7-24/h5,8-17,19,24H,3-4,6-7,18,20H2,1-2H3,(H,31,32,35). The van der Waals surface area contributed by atoms with Crippen LogP contribution < -0.4 is 5.32 Å². The summed E-state index contributed by atoms with van der Waals surface area (Å²) in [5.41, 5.74) is 4.92. The number of hydrogen-bond donors (Lipinski definition) is 1. The number of nitrogens with zero attached hydrogens (tertiary/aromatic N) is 3. The first-order valence-electron chi connectivity index (χ1n) is 12.8. The van der Waals surface area contributed by atoms with Crippen molar-refractivity contribution in [1.82, 2.24) is 14.5 Å². The third-order valence-corrected chi connectivity index (χ3v) is 6.89. The number of hydrogen-bond acceptors (Lipinski definition) is 4. The number of furan rings is 1. The van der Waals surface area contributed by atoms with Gasteiger partial charge in [-0.15, -0.1) is 0 Å². The molecule has 2 aromatic carbocycles. The van der Waals surface area contributed by atoms with E-state index in [-0.39, 0.29) is 30.8 Å². The maximum atomic E-state index is 13.3. The minimum Gasteiger partial charge on any atom is -0.467 e. The van der Waals surface area contributed by atoms with Crippen LogP contribution in [0.1, 0.15) is 42.6 Å². The number of carbonyl (C=O) groups excluding carboxylic acids is 2. The van der Waals surface area contributed by atoms with Crippen LogP contribution in [0, 0.1) is 19.8 Å². The average Bonchev–Trinajstić information content (AvgIpc) is 3.67. The van der Waals surface area contributed by atoms with E-state index in [9.17, 15) is 9.59 Å². The van der Waals surface area contributed by atoms with E-state index in [1.807, 2.05) is 79.2 Å². The molecule has 0 spiro atoms. The molecule has 0 saturated heterocycles. The van der Waals surface area contributed by atoms with Crippen molar-refractivity contribution in [3.05, 3.63) is 90.0 Å². The minimum atomic E-state index is -0.299. The van der Waals surface area contributed by atoms with E-state index in [2.05, 4.69) is 5.32 Å². The highest BCUT2D eigenvalue weighted by molar-refractivity contribution is 5.94. The zero-order chi connectivity index (χ0) is 25.8. The smallest absolute Gasteiger partial charge is 0.246 e. The number of aromatic nitrogens is 2. The number of imidazole rings is 1. The van der Waals surface area contributed by atoms with Crippen molar-refractivity contribution in [2.75, 3.05) is 11.9 Å². The minimum absolute atomic E-state index is 0.00581. The van der Waals surface area contributed by atoms with Gasteiger partial charge in [-0.25, -0.2) is 4.98 Å². The van der Waals surface area contributed by atoms with Gasteiger partial charge in [-0.3, -0.25) is 19.5 Å². The van der Waals surface area contributed by atoms with Crippen LogP contribution in [0.15, 0.2) is 77.5 Å². The van der Waals surface area contributed by atoms with Crippen molar-refractivity contribution in [3.8, 4) is 16.9 Å². The van der Waals surface area contributed by atoms with Gasteiger partial charge in [0.25, 0.3) is 0 Å². The second-order valence-electron chi connectivity index (χ2n) is 9.82. The van der Waals surface area contributed by atoms with Crippen LogP contribution in [-0.4, -0.2) is 32.8 Å². The first-order valence-corrected chi connectivity index (χ1v) is 12.8. The van der Waals surface area contributed by atoms with E-state index in [4.69, 9.17) is 9.40 Å². The lowest BCUT2D eigenvalue weighted by Crippen LogP contribution is -2.40. The molecule has 0 unspecified atom stereocenters. The lowest BCUT2D eigenvalue weighted by Gasteiger charge is -2.24. The normalized spacial score (nSPS) is 13.6. The molecule has 0 radical (unpaired) electrons. The Labute approximate surface area is 217 Å². The highest BCUT2D eigenvalue weighted by Gasteiger charge is 2.29. The molecule has 1 fully saturated rings. The average molecular weight is 497 g/mol. The summed E-state index contributed by atoms with van der Waals surface area (Å²) in [5.74, 6) is 0.738. The Kier molecular flexibility index (Phi) is 7.21. The van der Waals surface area contributed by atoms with Gasteiger partial charge in [0.1, 0.15) is 12.3 Å². The van der Waals surface area contributed by atoms with Gasteiger partial charge in [0.15, 0.2) is 0 Å². The van der Waals surface area contributed by atoms with Crippen molar-refractivity contribution in [1.29, 1.82) is 0 Å². The number of nitrogens with one attached hydrogen (secondary N) is 1. The van der Waals surface area contributed by atoms with Crippen molar-refractivity contribution < 1.29 is 14.0 Å². The summed E-state index contributed by atoms with van der Waals surface area (Å²) in [6, 6.07) is 19.8. The van der Waals surface area contributed by atoms with Crippen LogP contribution in [0.25, 0.3) is 16.9 Å². The van der Waals surface area contributed by atoms with E-state index >= 15 is 0 Å². The van der Waals surface area contributed by atoms with E-state index in [1.165, 1.54) is 5.56 Å². The molecule has 7 heteroatoms.